The van der Waals surface area contributed by atoms with Crippen LogP contribution in [0, 0.1) is 5.82 Å². The van der Waals surface area contributed by atoms with Crippen molar-refractivity contribution in [2.24, 2.45) is 0 Å². The highest BCUT2D eigenvalue weighted by atomic mass is 19.4. The summed E-state index contributed by atoms with van der Waals surface area (Å²) in [6.07, 6.45) is -2.46. The summed E-state index contributed by atoms with van der Waals surface area (Å²) in [5, 5.41) is 0. The molecule has 0 saturated heterocycles. The van der Waals surface area contributed by atoms with Crippen LogP contribution in [0.25, 0.3) is 6.08 Å². The Morgan fingerprint density at radius 3 is 2.33 bits per heavy atom. The fourth-order valence-corrected chi connectivity index (χ4v) is 3.33. The zero-order valence-electron chi connectivity index (χ0n) is 20.7. The van der Waals surface area contributed by atoms with Gasteiger partial charge in [-0.3, -0.25) is 0 Å². The second kappa shape index (κ2) is 13.3. The molecule has 3 aromatic carbocycles. The van der Waals surface area contributed by atoms with E-state index in [1.165, 1.54) is 30.4 Å². The summed E-state index contributed by atoms with van der Waals surface area (Å²) in [5.41, 5.74) is 13.9. The molecule has 11 heteroatoms. The molecule has 0 spiro atoms. The van der Waals surface area contributed by atoms with Crippen LogP contribution in [0.3, 0.4) is 0 Å². The Kier molecular flexibility index (Phi) is 9.91. The SMILES string of the molecule is Nc1ccc(CCOC(=O)C=Cc2ccc(OC(=O)c3ccc(OCCCC(F)(F)F)c(F)c3)cc2)c(N)c1. The van der Waals surface area contributed by atoms with Gasteiger partial charge in [0.2, 0.25) is 0 Å². The number of anilines is 2. The minimum Gasteiger partial charge on any atom is -0.491 e. The Morgan fingerprint density at radius 2 is 1.67 bits per heavy atom. The van der Waals surface area contributed by atoms with E-state index < -0.39 is 30.4 Å². The third-order valence-electron chi connectivity index (χ3n) is 5.32. The van der Waals surface area contributed by atoms with E-state index >= 15 is 0 Å². The van der Waals surface area contributed by atoms with Crippen molar-refractivity contribution >= 4 is 29.4 Å². The van der Waals surface area contributed by atoms with Crippen LogP contribution >= 0.6 is 0 Å². The van der Waals surface area contributed by atoms with Gasteiger partial charge in [0.05, 0.1) is 18.8 Å². The Bertz CT molecular complexity index is 1320. The molecule has 7 nitrogen and oxygen atoms in total. The number of nitrogen functional groups attached to an aromatic ring is 2. The fourth-order valence-electron chi connectivity index (χ4n) is 3.33. The van der Waals surface area contributed by atoms with Gasteiger partial charge in [0.25, 0.3) is 0 Å². The predicted molar refractivity (Wildman–Crippen MR) is 138 cm³/mol. The maximum absolute atomic E-state index is 14.2. The van der Waals surface area contributed by atoms with Crippen LogP contribution in [0.1, 0.15) is 34.3 Å². The number of carbonyl (C=O) groups excluding carboxylic acids is 2. The summed E-state index contributed by atoms with van der Waals surface area (Å²) in [5.74, 6) is -2.38. The Hall–Kier alpha value is -4.54. The molecule has 0 heterocycles. The second-order valence-electron chi connectivity index (χ2n) is 8.38. The summed E-state index contributed by atoms with van der Waals surface area (Å²) in [7, 11) is 0. The average Bonchev–Trinajstić information content (AvgIpc) is 2.87. The standard InChI is InChI=1S/C28H26F4N2O5/c29-23-16-20(6-10-25(23)37-14-1-13-28(30,31)32)27(36)39-22-8-2-18(3-9-22)4-11-26(35)38-15-12-19-5-7-21(33)17-24(19)34/h2-11,16-17H,1,12-15,33-34H2. The van der Waals surface area contributed by atoms with E-state index in [4.69, 9.17) is 25.7 Å². The van der Waals surface area contributed by atoms with Gasteiger partial charge in [-0.1, -0.05) is 18.2 Å². The first-order valence-electron chi connectivity index (χ1n) is 11.8. The van der Waals surface area contributed by atoms with Crippen molar-refractivity contribution in [3.05, 3.63) is 89.2 Å². The summed E-state index contributed by atoms with van der Waals surface area (Å²) in [6.45, 7) is -0.185. The van der Waals surface area contributed by atoms with E-state index in [0.717, 1.165) is 17.7 Å². The average molecular weight is 547 g/mol. The Balaban J connectivity index is 1.45. The molecule has 0 aliphatic rings. The van der Waals surface area contributed by atoms with E-state index in [0.29, 0.717) is 23.4 Å². The number of benzene rings is 3. The van der Waals surface area contributed by atoms with Gasteiger partial charge < -0.3 is 25.7 Å². The topological polar surface area (TPSA) is 114 Å². The fraction of sp³-hybridized carbons (Fsp3) is 0.214. The molecule has 3 rings (SSSR count). The maximum atomic E-state index is 14.2. The predicted octanol–water partition coefficient (Wildman–Crippen LogP) is 5.73. The molecule has 0 atom stereocenters. The van der Waals surface area contributed by atoms with Crippen LogP contribution < -0.4 is 20.9 Å². The molecule has 0 aromatic heterocycles. The number of alkyl halides is 3. The zero-order chi connectivity index (χ0) is 28.4. The number of esters is 2. The lowest BCUT2D eigenvalue weighted by Crippen LogP contribution is -2.11. The first-order valence-corrected chi connectivity index (χ1v) is 11.8. The zero-order valence-corrected chi connectivity index (χ0v) is 20.7. The van der Waals surface area contributed by atoms with Gasteiger partial charge in [-0.05, 0) is 66.1 Å². The van der Waals surface area contributed by atoms with Crippen molar-refractivity contribution in [3.63, 3.8) is 0 Å². The van der Waals surface area contributed by atoms with Gasteiger partial charge in [-0.2, -0.15) is 13.2 Å². The van der Waals surface area contributed by atoms with Gasteiger partial charge in [-0.25, -0.2) is 14.0 Å². The number of hydrogen-bond acceptors (Lipinski definition) is 7. The Morgan fingerprint density at radius 1 is 0.923 bits per heavy atom. The lowest BCUT2D eigenvalue weighted by molar-refractivity contribution is -0.138. The minimum atomic E-state index is -4.31. The molecule has 206 valence electrons. The van der Waals surface area contributed by atoms with Crippen LogP contribution in [0.15, 0.2) is 66.7 Å². The molecule has 0 amide bonds. The van der Waals surface area contributed by atoms with Crippen LogP contribution in [-0.2, 0) is 16.0 Å². The normalized spacial score (nSPS) is 11.4. The van der Waals surface area contributed by atoms with Gasteiger partial charge >= 0.3 is 18.1 Å². The molecule has 0 aliphatic heterocycles. The molecular formula is C28H26F4N2O5. The van der Waals surface area contributed by atoms with Gasteiger partial charge in [0.15, 0.2) is 11.6 Å². The summed E-state index contributed by atoms with van der Waals surface area (Å²) in [6, 6.07) is 14.6. The van der Waals surface area contributed by atoms with E-state index in [1.54, 1.807) is 30.3 Å². The third kappa shape index (κ3) is 9.69. The first-order chi connectivity index (χ1) is 18.5. The molecule has 4 N–H and O–H groups in total. The largest absolute Gasteiger partial charge is 0.491 e. The molecule has 0 unspecified atom stereocenters. The number of halogens is 4. The van der Waals surface area contributed by atoms with E-state index in [1.807, 2.05) is 0 Å². The van der Waals surface area contributed by atoms with Crippen molar-refractivity contribution in [1.82, 2.24) is 0 Å². The number of rotatable bonds is 11. The van der Waals surface area contributed by atoms with Crippen LogP contribution in [0.2, 0.25) is 0 Å². The quantitative estimate of drug-likeness (QED) is 0.0789. The lowest BCUT2D eigenvalue weighted by Gasteiger charge is -2.10. The van der Waals surface area contributed by atoms with Crippen LogP contribution in [0.5, 0.6) is 11.5 Å². The van der Waals surface area contributed by atoms with Crippen molar-refractivity contribution in [2.75, 3.05) is 24.7 Å². The van der Waals surface area contributed by atoms with Crippen molar-refractivity contribution in [3.8, 4) is 11.5 Å². The molecule has 0 aliphatic carbocycles. The monoisotopic (exact) mass is 546 g/mol. The highest BCUT2D eigenvalue weighted by molar-refractivity contribution is 5.91. The smallest absolute Gasteiger partial charge is 0.389 e. The molecule has 39 heavy (non-hydrogen) atoms. The van der Waals surface area contributed by atoms with Gasteiger partial charge in [0.1, 0.15) is 5.75 Å². The van der Waals surface area contributed by atoms with Crippen molar-refractivity contribution < 1.29 is 41.4 Å². The third-order valence-corrected chi connectivity index (χ3v) is 5.32. The number of hydrogen-bond donors (Lipinski definition) is 2. The van der Waals surface area contributed by atoms with Crippen LogP contribution in [0.4, 0.5) is 28.9 Å². The second-order valence-corrected chi connectivity index (χ2v) is 8.38. The van der Waals surface area contributed by atoms with Crippen molar-refractivity contribution in [1.29, 1.82) is 0 Å². The summed E-state index contributed by atoms with van der Waals surface area (Å²) < 4.78 is 66.1. The van der Waals surface area contributed by atoms with Crippen LogP contribution in [-0.4, -0.2) is 31.3 Å². The van der Waals surface area contributed by atoms with E-state index in [2.05, 4.69) is 0 Å². The number of carbonyl (C=O) groups is 2. The minimum absolute atomic E-state index is 0.109. The molecular weight excluding hydrogens is 520 g/mol. The molecule has 0 bridgehead atoms. The maximum Gasteiger partial charge on any atom is 0.389 e. The first kappa shape index (κ1) is 29.0. The summed E-state index contributed by atoms with van der Waals surface area (Å²) >= 11 is 0. The lowest BCUT2D eigenvalue weighted by atomic mass is 10.1. The highest BCUT2D eigenvalue weighted by Gasteiger charge is 2.26. The van der Waals surface area contributed by atoms with E-state index in [-0.39, 0.29) is 36.7 Å². The van der Waals surface area contributed by atoms with E-state index in [9.17, 15) is 27.2 Å². The summed E-state index contributed by atoms with van der Waals surface area (Å²) in [4.78, 5) is 24.3. The molecule has 0 fully saturated rings. The Labute approximate surface area is 222 Å². The molecule has 3 aromatic rings. The number of ether oxygens (including phenoxy) is 3. The van der Waals surface area contributed by atoms with Crippen molar-refractivity contribution in [2.45, 2.75) is 25.4 Å². The molecule has 0 saturated carbocycles. The van der Waals surface area contributed by atoms with Gasteiger partial charge in [0, 0.05) is 30.3 Å². The highest BCUT2D eigenvalue weighted by Crippen LogP contribution is 2.24. The molecule has 0 radical (unpaired) electrons. The number of nitrogens with two attached hydrogens (primary N) is 2. The van der Waals surface area contributed by atoms with Gasteiger partial charge in [-0.15, -0.1) is 0 Å².